The van der Waals surface area contributed by atoms with Gasteiger partial charge >= 0.3 is 0 Å². The lowest BCUT2D eigenvalue weighted by Gasteiger charge is -2.26. The van der Waals surface area contributed by atoms with E-state index in [-0.39, 0.29) is 28.3 Å². The quantitative estimate of drug-likeness (QED) is 0.295. The highest BCUT2D eigenvalue weighted by Gasteiger charge is 2.47. The van der Waals surface area contributed by atoms with Crippen molar-refractivity contribution < 1.29 is 38.0 Å². The van der Waals surface area contributed by atoms with Crippen molar-refractivity contribution in [1.29, 1.82) is 0 Å². The van der Waals surface area contributed by atoms with Crippen LogP contribution in [0.4, 0.5) is 10.1 Å². The number of anilines is 1. The van der Waals surface area contributed by atoms with Gasteiger partial charge in [-0.1, -0.05) is 18.2 Å². The fourth-order valence-corrected chi connectivity index (χ4v) is 4.23. The second-order valence-electron chi connectivity index (χ2n) is 7.84. The Hall–Kier alpha value is -4.53. The molecule has 1 N–H and O–H groups in total. The Morgan fingerprint density at radius 2 is 1.53 bits per heavy atom. The molecule has 36 heavy (non-hydrogen) atoms. The minimum absolute atomic E-state index is 0.139. The molecule has 0 aromatic heterocycles. The van der Waals surface area contributed by atoms with Crippen LogP contribution in [0, 0.1) is 5.82 Å². The number of aliphatic hydroxyl groups is 1. The van der Waals surface area contributed by atoms with Crippen molar-refractivity contribution >= 4 is 23.1 Å². The molecule has 1 atom stereocenters. The van der Waals surface area contributed by atoms with Crippen LogP contribution in [-0.2, 0) is 9.59 Å². The molecule has 3 aromatic rings. The number of carbonyl (C=O) groups excluding carboxylic acids is 2. The average Bonchev–Trinajstić information content (AvgIpc) is 3.17. The van der Waals surface area contributed by atoms with Crippen molar-refractivity contribution in [3.05, 3.63) is 83.2 Å². The Labute approximate surface area is 207 Å². The van der Waals surface area contributed by atoms with Crippen LogP contribution >= 0.6 is 0 Å². The number of hydrogen-bond acceptors (Lipinski definition) is 7. The first-order chi connectivity index (χ1) is 17.3. The highest BCUT2D eigenvalue weighted by atomic mass is 19.1. The standard InChI is InChI=1S/C27H24FNO7/c1-33-19-10-5-7-15(11-19)24(30)22-23(16-12-20(34-2)26(36-4)21(13-16)35-3)29(27(32)25(22)31)18-9-6-8-17(28)14-18/h5-14,23,30H,1-4H3/b24-22+. The van der Waals surface area contributed by atoms with Crippen LogP contribution in [-0.4, -0.2) is 45.2 Å². The Kier molecular flexibility index (Phi) is 6.82. The van der Waals surface area contributed by atoms with Crippen LogP contribution in [0.3, 0.4) is 0 Å². The molecule has 1 saturated heterocycles. The molecule has 3 aromatic carbocycles. The maximum Gasteiger partial charge on any atom is 0.300 e. The molecule has 1 heterocycles. The topological polar surface area (TPSA) is 94.5 Å². The molecule has 0 spiro atoms. The van der Waals surface area contributed by atoms with Crippen molar-refractivity contribution in [2.45, 2.75) is 6.04 Å². The molecule has 1 fully saturated rings. The molecular formula is C27H24FNO7. The number of Topliss-reactive ketones (excluding diaryl/α,β-unsaturated/α-hetero) is 1. The number of carbonyl (C=O) groups is 2. The van der Waals surface area contributed by atoms with Gasteiger partial charge in [-0.05, 0) is 48.0 Å². The van der Waals surface area contributed by atoms with Gasteiger partial charge in [-0.15, -0.1) is 0 Å². The summed E-state index contributed by atoms with van der Waals surface area (Å²) in [6.45, 7) is 0. The summed E-state index contributed by atoms with van der Waals surface area (Å²) in [5, 5.41) is 11.3. The van der Waals surface area contributed by atoms with Crippen LogP contribution < -0.4 is 23.8 Å². The normalized spacial score (nSPS) is 16.7. The van der Waals surface area contributed by atoms with E-state index in [1.54, 1.807) is 30.3 Å². The minimum Gasteiger partial charge on any atom is -0.507 e. The van der Waals surface area contributed by atoms with E-state index < -0.39 is 29.3 Å². The maximum absolute atomic E-state index is 14.2. The molecule has 1 amide bonds. The summed E-state index contributed by atoms with van der Waals surface area (Å²) in [6.07, 6.45) is 0. The number of hydrogen-bond donors (Lipinski definition) is 1. The van der Waals surface area contributed by atoms with E-state index >= 15 is 0 Å². The first-order valence-electron chi connectivity index (χ1n) is 10.9. The zero-order valence-corrected chi connectivity index (χ0v) is 20.1. The Morgan fingerprint density at radius 1 is 0.861 bits per heavy atom. The van der Waals surface area contributed by atoms with E-state index in [2.05, 4.69) is 0 Å². The van der Waals surface area contributed by atoms with Gasteiger partial charge < -0.3 is 24.1 Å². The van der Waals surface area contributed by atoms with Gasteiger partial charge in [0, 0.05) is 11.3 Å². The van der Waals surface area contributed by atoms with Crippen LogP contribution in [0.25, 0.3) is 5.76 Å². The summed E-state index contributed by atoms with van der Waals surface area (Å²) in [6, 6.07) is 13.8. The third-order valence-electron chi connectivity index (χ3n) is 5.88. The lowest BCUT2D eigenvalue weighted by atomic mass is 9.94. The number of ether oxygens (including phenoxy) is 4. The van der Waals surface area contributed by atoms with E-state index in [4.69, 9.17) is 18.9 Å². The number of benzene rings is 3. The van der Waals surface area contributed by atoms with Gasteiger partial charge in [-0.3, -0.25) is 14.5 Å². The van der Waals surface area contributed by atoms with E-state index in [1.165, 1.54) is 52.7 Å². The summed E-state index contributed by atoms with van der Waals surface area (Å²) in [5.41, 5.74) is 0.591. The molecule has 8 nitrogen and oxygen atoms in total. The first kappa shape index (κ1) is 24.6. The zero-order valence-electron chi connectivity index (χ0n) is 20.1. The van der Waals surface area contributed by atoms with Crippen molar-refractivity contribution in [3.63, 3.8) is 0 Å². The Bertz CT molecular complexity index is 1340. The second kappa shape index (κ2) is 9.99. The Balaban J connectivity index is 2.02. The summed E-state index contributed by atoms with van der Waals surface area (Å²) >= 11 is 0. The molecule has 0 saturated carbocycles. The molecule has 186 valence electrons. The number of methoxy groups -OCH3 is 4. The number of ketones is 1. The zero-order chi connectivity index (χ0) is 26.0. The largest absolute Gasteiger partial charge is 0.507 e. The smallest absolute Gasteiger partial charge is 0.300 e. The van der Waals surface area contributed by atoms with Gasteiger partial charge in [-0.25, -0.2) is 4.39 Å². The molecule has 0 radical (unpaired) electrons. The van der Waals surface area contributed by atoms with Gasteiger partial charge in [0.2, 0.25) is 5.75 Å². The fraction of sp³-hybridized carbons (Fsp3) is 0.185. The molecule has 0 aliphatic carbocycles. The molecular weight excluding hydrogens is 469 g/mol. The van der Waals surface area contributed by atoms with Gasteiger partial charge in [0.25, 0.3) is 11.7 Å². The minimum atomic E-state index is -1.13. The van der Waals surface area contributed by atoms with Gasteiger partial charge in [0.1, 0.15) is 17.3 Å². The van der Waals surface area contributed by atoms with Gasteiger partial charge in [0.05, 0.1) is 40.1 Å². The number of nitrogens with zero attached hydrogens (tertiary/aromatic N) is 1. The lowest BCUT2D eigenvalue weighted by Crippen LogP contribution is -2.29. The average molecular weight is 493 g/mol. The second-order valence-corrected chi connectivity index (χ2v) is 7.84. The molecule has 9 heteroatoms. The maximum atomic E-state index is 14.2. The molecule has 4 rings (SSSR count). The third-order valence-corrected chi connectivity index (χ3v) is 5.88. The predicted octanol–water partition coefficient (Wildman–Crippen LogP) is 4.49. The predicted molar refractivity (Wildman–Crippen MR) is 130 cm³/mol. The van der Waals surface area contributed by atoms with Crippen molar-refractivity contribution in [3.8, 4) is 23.0 Å². The van der Waals surface area contributed by atoms with Crippen molar-refractivity contribution in [2.75, 3.05) is 33.3 Å². The Morgan fingerprint density at radius 3 is 2.11 bits per heavy atom. The fourth-order valence-electron chi connectivity index (χ4n) is 4.23. The van der Waals surface area contributed by atoms with Crippen molar-refractivity contribution in [2.24, 2.45) is 0 Å². The van der Waals surface area contributed by atoms with Crippen molar-refractivity contribution in [1.82, 2.24) is 0 Å². The number of aliphatic hydroxyl groups excluding tert-OH is 1. The van der Waals surface area contributed by atoms with E-state index in [0.717, 1.165) is 11.0 Å². The summed E-state index contributed by atoms with van der Waals surface area (Å²) in [5.74, 6) is -1.56. The number of amides is 1. The summed E-state index contributed by atoms with van der Waals surface area (Å²) in [7, 11) is 5.78. The first-order valence-corrected chi connectivity index (χ1v) is 10.9. The number of halogens is 1. The highest BCUT2D eigenvalue weighted by molar-refractivity contribution is 6.51. The van der Waals surface area contributed by atoms with Crippen LogP contribution in [0.5, 0.6) is 23.0 Å². The van der Waals surface area contributed by atoms with E-state index in [0.29, 0.717) is 17.1 Å². The molecule has 1 unspecified atom stereocenters. The van der Waals surface area contributed by atoms with E-state index in [1.807, 2.05) is 0 Å². The molecule has 0 bridgehead atoms. The van der Waals surface area contributed by atoms with Crippen LogP contribution in [0.15, 0.2) is 66.2 Å². The summed E-state index contributed by atoms with van der Waals surface area (Å²) in [4.78, 5) is 27.8. The SMILES string of the molecule is COc1cccc(/C(O)=C2\C(=O)C(=O)N(c3cccc(F)c3)C2c2cc(OC)c(OC)c(OC)c2)c1. The monoisotopic (exact) mass is 493 g/mol. The molecule has 1 aliphatic heterocycles. The summed E-state index contributed by atoms with van der Waals surface area (Å²) < 4.78 is 35.7. The van der Waals surface area contributed by atoms with Gasteiger partial charge in [0.15, 0.2) is 11.5 Å². The molecule has 1 aliphatic rings. The van der Waals surface area contributed by atoms with Gasteiger partial charge in [-0.2, -0.15) is 0 Å². The lowest BCUT2D eigenvalue weighted by molar-refractivity contribution is -0.132. The van der Waals surface area contributed by atoms with Crippen LogP contribution in [0.2, 0.25) is 0 Å². The van der Waals surface area contributed by atoms with E-state index in [9.17, 15) is 19.1 Å². The third kappa shape index (κ3) is 4.19. The highest BCUT2D eigenvalue weighted by Crippen LogP contribution is 2.47. The number of rotatable bonds is 7. The van der Waals surface area contributed by atoms with Crippen LogP contribution in [0.1, 0.15) is 17.2 Å².